The number of hydrogen-bond acceptors (Lipinski definition) is 10. The average molecular weight is 1160 g/mol. The fourth-order valence-corrected chi connectivity index (χ4v) is 9.79. The Morgan fingerprint density at radius 3 is 1.27 bits per heavy atom. The third-order valence-electron chi connectivity index (χ3n) is 15.1. The largest absolute Gasteiger partial charge is 0.454 e. The predicted octanol–water partition coefficient (Wildman–Crippen LogP) is 16.8. The van der Waals surface area contributed by atoms with E-state index in [9.17, 15) is 35.1 Å². The van der Waals surface area contributed by atoms with Crippen molar-refractivity contribution in [2.45, 2.75) is 320 Å². The number of carbonyl (C=O) groups excluding carboxylic acids is 2. The summed E-state index contributed by atoms with van der Waals surface area (Å²) in [6, 6.07) is -1.05. The van der Waals surface area contributed by atoms with Gasteiger partial charge in [0.2, 0.25) is 5.91 Å². The van der Waals surface area contributed by atoms with Crippen LogP contribution in [0.15, 0.2) is 109 Å². The lowest BCUT2D eigenvalue weighted by Gasteiger charge is -2.41. The second-order valence-electron chi connectivity index (χ2n) is 22.8. The summed E-state index contributed by atoms with van der Waals surface area (Å²) in [5.74, 6) is -1.24. The topological polar surface area (TPSA) is 175 Å². The highest BCUT2D eigenvalue weighted by molar-refractivity contribution is 5.80. The van der Waals surface area contributed by atoms with Crippen LogP contribution in [-0.2, 0) is 23.8 Å². The molecule has 1 aliphatic rings. The zero-order valence-electron chi connectivity index (χ0n) is 52.8. The van der Waals surface area contributed by atoms with Crippen molar-refractivity contribution in [3.8, 4) is 0 Å². The van der Waals surface area contributed by atoms with Crippen LogP contribution in [0.4, 0.5) is 0 Å². The molecule has 11 heteroatoms. The summed E-state index contributed by atoms with van der Waals surface area (Å²) in [5.41, 5.74) is 0. The van der Waals surface area contributed by atoms with Crippen molar-refractivity contribution in [3.05, 3.63) is 109 Å². The predicted molar refractivity (Wildman–Crippen MR) is 347 cm³/mol. The maximum Gasteiger partial charge on any atom is 0.306 e. The first-order valence-corrected chi connectivity index (χ1v) is 33.7. The summed E-state index contributed by atoms with van der Waals surface area (Å²) in [4.78, 5) is 26.6. The molecule has 83 heavy (non-hydrogen) atoms. The van der Waals surface area contributed by atoms with Gasteiger partial charge in [0.1, 0.15) is 24.4 Å². The molecule has 0 aromatic heterocycles. The molecule has 476 valence electrons. The first-order chi connectivity index (χ1) is 40.7. The number of unbranched alkanes of at least 4 members (excludes halogenated alkanes) is 26. The van der Waals surface area contributed by atoms with Gasteiger partial charge >= 0.3 is 5.97 Å². The molecule has 1 heterocycles. The van der Waals surface area contributed by atoms with Gasteiger partial charge in [-0.05, 0) is 116 Å². The van der Waals surface area contributed by atoms with E-state index in [1.54, 1.807) is 6.08 Å². The Labute approximate surface area is 507 Å². The summed E-state index contributed by atoms with van der Waals surface area (Å²) in [6.07, 6.45) is 69.7. The van der Waals surface area contributed by atoms with E-state index in [0.29, 0.717) is 12.8 Å². The molecule has 1 fully saturated rings. The second-order valence-corrected chi connectivity index (χ2v) is 22.8. The molecular weight excluding hydrogens is 1040 g/mol. The molecule has 0 bridgehead atoms. The third-order valence-corrected chi connectivity index (χ3v) is 15.1. The Hall–Kier alpha value is -3.68. The number of amides is 1. The van der Waals surface area contributed by atoms with E-state index in [0.717, 1.165) is 128 Å². The van der Waals surface area contributed by atoms with Crippen LogP contribution in [0.25, 0.3) is 0 Å². The summed E-state index contributed by atoms with van der Waals surface area (Å²) in [6.45, 7) is 5.71. The fourth-order valence-electron chi connectivity index (χ4n) is 9.79. The van der Waals surface area contributed by atoms with Crippen molar-refractivity contribution in [2.75, 3.05) is 13.2 Å². The van der Waals surface area contributed by atoms with Gasteiger partial charge in [0, 0.05) is 6.42 Å². The first-order valence-electron chi connectivity index (χ1n) is 33.7. The normalized spacial score (nSPS) is 19.3. The lowest BCUT2D eigenvalue weighted by molar-refractivity contribution is -0.305. The number of rotatable bonds is 56. The van der Waals surface area contributed by atoms with E-state index < -0.39 is 67.4 Å². The van der Waals surface area contributed by atoms with E-state index in [2.05, 4.69) is 123 Å². The Bertz CT molecular complexity index is 1770. The Morgan fingerprint density at radius 1 is 0.470 bits per heavy atom. The SMILES string of the molecule is CCCCC/C=C\C/C=C\C/C=C\C/C=C\CCCCCCCCCC(=O)OC1C(OCC(NC(=O)C(O)CCCC/C=C\C/C=C\C/C=C\C/C=C\CCCCC)C(O)/C=C/CCCCCCCCCCCCC)OC(CO)C(O)C1O. The van der Waals surface area contributed by atoms with Gasteiger partial charge in [0.25, 0.3) is 0 Å². The highest BCUT2D eigenvalue weighted by atomic mass is 16.7. The van der Waals surface area contributed by atoms with Crippen molar-refractivity contribution < 1.29 is 49.3 Å². The first kappa shape index (κ1) is 77.3. The Kier molecular flexibility index (Phi) is 54.7. The highest BCUT2D eigenvalue weighted by Gasteiger charge is 2.47. The molecule has 8 unspecified atom stereocenters. The summed E-state index contributed by atoms with van der Waals surface area (Å²) >= 11 is 0. The molecule has 1 rings (SSSR count). The van der Waals surface area contributed by atoms with E-state index in [4.69, 9.17) is 14.2 Å². The number of nitrogens with one attached hydrogen (secondary N) is 1. The quantitative estimate of drug-likeness (QED) is 0.0195. The number of allylic oxidation sites excluding steroid dienone is 17. The molecule has 0 spiro atoms. The van der Waals surface area contributed by atoms with Crippen molar-refractivity contribution in [2.24, 2.45) is 0 Å². The maximum absolute atomic E-state index is 13.4. The molecule has 11 nitrogen and oxygen atoms in total. The summed E-state index contributed by atoms with van der Waals surface area (Å²) < 4.78 is 17.6. The molecule has 6 N–H and O–H groups in total. The second kappa shape index (κ2) is 58.7. The number of hydrogen-bond donors (Lipinski definition) is 6. The molecule has 8 atom stereocenters. The van der Waals surface area contributed by atoms with E-state index in [-0.39, 0.29) is 19.4 Å². The zero-order chi connectivity index (χ0) is 60.3. The van der Waals surface area contributed by atoms with Crippen LogP contribution in [0.2, 0.25) is 0 Å². The van der Waals surface area contributed by atoms with E-state index >= 15 is 0 Å². The minimum Gasteiger partial charge on any atom is -0.454 e. The van der Waals surface area contributed by atoms with Crippen LogP contribution >= 0.6 is 0 Å². The lowest BCUT2D eigenvalue weighted by atomic mass is 9.99. The molecule has 1 saturated heterocycles. The Balaban J connectivity index is 2.68. The maximum atomic E-state index is 13.4. The molecule has 0 aromatic carbocycles. The molecule has 0 saturated carbocycles. The van der Waals surface area contributed by atoms with Crippen molar-refractivity contribution >= 4 is 11.9 Å². The summed E-state index contributed by atoms with van der Waals surface area (Å²) in [7, 11) is 0. The standard InChI is InChI=1S/C72H123NO10/c1-4-7-10-13-16-19-22-25-27-29-31-32-33-34-35-37-39-42-45-48-51-54-57-60-67(77)83-70-69(79)68(78)66(61-74)82-72(70)81-62-63(64(75)58-55-52-49-46-43-40-24-21-18-15-12-9-6-3)73-71(80)65(76)59-56-53-50-47-44-41-38-36-30-28-26-23-20-17-14-11-8-5-2/h16-17,19-20,25-28,31-32,34-36,38,44,47,55,58,63-66,68-70,72,74-76,78-79H,4-15,18,21-24,29-30,33,37,39-43,45-46,48-54,56-57,59-62H2,1-3H3,(H,73,80)/b19-16-,20-17-,27-25-,28-26-,32-31-,35-34-,38-36-,47-44-,58-55+. The molecule has 1 amide bonds. The Morgan fingerprint density at radius 2 is 0.831 bits per heavy atom. The summed E-state index contributed by atoms with van der Waals surface area (Å²) in [5, 5.41) is 57.1. The van der Waals surface area contributed by atoms with Crippen LogP contribution in [0.5, 0.6) is 0 Å². The number of aliphatic hydroxyl groups is 5. The lowest BCUT2D eigenvalue weighted by Crippen LogP contribution is -2.61. The van der Waals surface area contributed by atoms with Gasteiger partial charge in [0.05, 0.1) is 25.4 Å². The van der Waals surface area contributed by atoms with Crippen LogP contribution in [-0.4, -0.2) is 99.6 Å². The van der Waals surface area contributed by atoms with Crippen LogP contribution in [0.3, 0.4) is 0 Å². The van der Waals surface area contributed by atoms with Crippen molar-refractivity contribution in [3.63, 3.8) is 0 Å². The number of aliphatic hydroxyl groups excluding tert-OH is 5. The fraction of sp³-hybridized carbons (Fsp3) is 0.722. The van der Waals surface area contributed by atoms with Gasteiger partial charge in [-0.3, -0.25) is 9.59 Å². The van der Waals surface area contributed by atoms with Crippen LogP contribution in [0, 0.1) is 0 Å². The molecule has 0 radical (unpaired) electrons. The van der Waals surface area contributed by atoms with Gasteiger partial charge in [-0.2, -0.15) is 0 Å². The minimum atomic E-state index is -1.63. The van der Waals surface area contributed by atoms with Crippen LogP contribution in [0.1, 0.15) is 271 Å². The average Bonchev–Trinajstić information content (AvgIpc) is 3.50. The minimum absolute atomic E-state index is 0.101. The van der Waals surface area contributed by atoms with Gasteiger partial charge < -0.3 is 45.1 Å². The third kappa shape index (κ3) is 46.2. The zero-order valence-corrected chi connectivity index (χ0v) is 52.8. The van der Waals surface area contributed by atoms with Gasteiger partial charge in [-0.1, -0.05) is 259 Å². The number of esters is 1. The monoisotopic (exact) mass is 1160 g/mol. The molecule has 0 aliphatic carbocycles. The van der Waals surface area contributed by atoms with E-state index in [1.807, 2.05) is 6.08 Å². The van der Waals surface area contributed by atoms with Gasteiger partial charge in [-0.25, -0.2) is 0 Å². The molecule has 0 aromatic rings. The van der Waals surface area contributed by atoms with Crippen LogP contribution < -0.4 is 5.32 Å². The van der Waals surface area contributed by atoms with E-state index in [1.165, 1.54) is 96.3 Å². The highest BCUT2D eigenvalue weighted by Crippen LogP contribution is 2.26. The number of carbonyl (C=O) groups is 2. The van der Waals surface area contributed by atoms with Crippen molar-refractivity contribution in [1.82, 2.24) is 5.32 Å². The smallest absolute Gasteiger partial charge is 0.306 e. The molecular formula is C72H123NO10. The van der Waals surface area contributed by atoms with Gasteiger partial charge in [-0.15, -0.1) is 0 Å². The van der Waals surface area contributed by atoms with Crippen molar-refractivity contribution in [1.29, 1.82) is 0 Å². The van der Waals surface area contributed by atoms with Gasteiger partial charge in [0.15, 0.2) is 12.4 Å². The number of ether oxygens (including phenoxy) is 3. The molecule has 1 aliphatic heterocycles.